The third-order valence-electron chi connectivity index (χ3n) is 4.90. The number of rotatable bonds is 7. The molecule has 4 aromatic rings. The molecule has 2 aromatic carbocycles. The van der Waals surface area contributed by atoms with Crippen molar-refractivity contribution in [1.29, 1.82) is 0 Å². The average molecular weight is 483 g/mol. The molecule has 180 valence electrons. The molecule has 0 radical (unpaired) electrons. The van der Waals surface area contributed by atoms with Crippen LogP contribution in [-0.4, -0.2) is 21.9 Å². The second-order valence-electron chi connectivity index (χ2n) is 7.70. The summed E-state index contributed by atoms with van der Waals surface area (Å²) in [5.74, 6) is -0.201. The fraction of sp³-hybridized carbons (Fsp3) is 0.160. The number of nitrogens with zero attached hydrogens (tertiary/aromatic N) is 2. The van der Waals surface area contributed by atoms with Gasteiger partial charge in [-0.1, -0.05) is 18.2 Å². The lowest BCUT2D eigenvalue weighted by molar-refractivity contribution is -0.137. The first-order valence-corrected chi connectivity index (χ1v) is 10.5. The molecular weight excluding hydrogens is 463 g/mol. The van der Waals surface area contributed by atoms with Crippen molar-refractivity contribution in [3.63, 3.8) is 0 Å². The number of aromatic nitrogens is 2. The highest BCUT2D eigenvalue weighted by molar-refractivity contribution is 5.92. The van der Waals surface area contributed by atoms with E-state index in [-0.39, 0.29) is 17.9 Å². The lowest BCUT2D eigenvalue weighted by Gasteiger charge is -2.11. The van der Waals surface area contributed by atoms with Gasteiger partial charge in [0.25, 0.3) is 11.5 Å². The maximum absolute atomic E-state index is 12.8. The van der Waals surface area contributed by atoms with Crippen LogP contribution in [0.25, 0.3) is 5.65 Å². The van der Waals surface area contributed by atoms with Gasteiger partial charge in [0.2, 0.25) is 0 Å². The number of carbonyl (C=O) groups excluding carboxylic acids is 1. The van der Waals surface area contributed by atoms with Crippen LogP contribution in [0.2, 0.25) is 0 Å². The molecular formula is C25H20F3N3O4. The van der Waals surface area contributed by atoms with Gasteiger partial charge in [0.1, 0.15) is 23.8 Å². The molecule has 10 heteroatoms. The Balaban J connectivity index is 1.35. The zero-order valence-corrected chi connectivity index (χ0v) is 18.5. The molecule has 35 heavy (non-hydrogen) atoms. The lowest BCUT2D eigenvalue weighted by atomic mass is 10.2. The van der Waals surface area contributed by atoms with Crippen molar-refractivity contribution in [2.75, 3.05) is 11.9 Å². The van der Waals surface area contributed by atoms with E-state index in [1.807, 2.05) is 13.0 Å². The van der Waals surface area contributed by atoms with E-state index in [2.05, 4.69) is 10.3 Å². The summed E-state index contributed by atoms with van der Waals surface area (Å²) in [6.45, 7) is 1.44. The first kappa shape index (κ1) is 23.8. The number of fused-ring (bicyclic) bond motifs is 1. The molecule has 2 aromatic heterocycles. The number of hydrogen-bond acceptors (Lipinski definition) is 5. The fourth-order valence-corrected chi connectivity index (χ4v) is 3.26. The smallest absolute Gasteiger partial charge is 0.416 e. The van der Waals surface area contributed by atoms with Crippen LogP contribution in [0.5, 0.6) is 11.5 Å². The van der Waals surface area contributed by atoms with E-state index in [0.717, 1.165) is 17.7 Å². The molecule has 1 amide bonds. The normalized spacial score (nSPS) is 11.3. The number of alkyl halides is 3. The lowest BCUT2D eigenvalue weighted by Crippen LogP contribution is -2.20. The Morgan fingerprint density at radius 1 is 1.00 bits per heavy atom. The molecule has 7 nitrogen and oxygen atoms in total. The number of carbonyl (C=O) groups is 1. The van der Waals surface area contributed by atoms with E-state index < -0.39 is 24.3 Å². The van der Waals surface area contributed by atoms with Crippen molar-refractivity contribution in [3.8, 4) is 11.5 Å². The van der Waals surface area contributed by atoms with Crippen LogP contribution in [0.3, 0.4) is 0 Å². The molecule has 0 atom stereocenters. The van der Waals surface area contributed by atoms with Crippen molar-refractivity contribution < 1.29 is 27.4 Å². The minimum atomic E-state index is -4.50. The number of ether oxygens (including phenoxy) is 2. The quantitative estimate of drug-likeness (QED) is 0.415. The Morgan fingerprint density at radius 3 is 2.51 bits per heavy atom. The largest absolute Gasteiger partial charge is 0.487 e. The zero-order chi connectivity index (χ0) is 25.0. The van der Waals surface area contributed by atoms with Gasteiger partial charge in [-0.3, -0.25) is 14.0 Å². The minimum absolute atomic E-state index is 0.0374. The highest BCUT2D eigenvalue weighted by Gasteiger charge is 2.30. The van der Waals surface area contributed by atoms with Gasteiger partial charge < -0.3 is 14.8 Å². The highest BCUT2D eigenvalue weighted by atomic mass is 19.4. The summed E-state index contributed by atoms with van der Waals surface area (Å²) in [7, 11) is 0. The fourth-order valence-electron chi connectivity index (χ4n) is 3.26. The summed E-state index contributed by atoms with van der Waals surface area (Å²) in [5.41, 5.74) is 1.20. The van der Waals surface area contributed by atoms with Gasteiger partial charge >= 0.3 is 6.18 Å². The van der Waals surface area contributed by atoms with Gasteiger partial charge in [0, 0.05) is 24.0 Å². The zero-order valence-electron chi connectivity index (χ0n) is 18.5. The second kappa shape index (κ2) is 9.88. The predicted molar refractivity (Wildman–Crippen MR) is 123 cm³/mol. The molecule has 0 aliphatic heterocycles. The predicted octanol–water partition coefficient (Wildman–Crippen LogP) is 4.62. The number of benzene rings is 2. The van der Waals surface area contributed by atoms with Gasteiger partial charge in [-0.2, -0.15) is 13.2 Å². The molecule has 0 unspecified atom stereocenters. The summed E-state index contributed by atoms with van der Waals surface area (Å²) in [5, 5.41) is 2.60. The number of hydrogen-bond donors (Lipinski definition) is 1. The topological polar surface area (TPSA) is 81.9 Å². The Bertz CT molecular complexity index is 1430. The van der Waals surface area contributed by atoms with Crippen molar-refractivity contribution in [2.24, 2.45) is 0 Å². The summed E-state index contributed by atoms with van der Waals surface area (Å²) in [4.78, 5) is 28.9. The van der Waals surface area contributed by atoms with Crippen molar-refractivity contribution in [1.82, 2.24) is 9.38 Å². The van der Waals surface area contributed by atoms with E-state index >= 15 is 0 Å². The third kappa shape index (κ3) is 6.17. The number of anilines is 1. The van der Waals surface area contributed by atoms with E-state index in [4.69, 9.17) is 9.47 Å². The summed E-state index contributed by atoms with van der Waals surface area (Å²) < 4.78 is 50.8. The first-order valence-electron chi connectivity index (χ1n) is 10.5. The van der Waals surface area contributed by atoms with Crippen LogP contribution >= 0.6 is 0 Å². The van der Waals surface area contributed by atoms with Crippen LogP contribution in [-0.2, 0) is 17.6 Å². The Hall–Kier alpha value is -4.34. The SMILES string of the molecule is Cc1ccc2nc(COc3cccc(NC(=O)COc4cccc(C(F)(F)F)c4)c3)cc(=O)n2c1. The first-order chi connectivity index (χ1) is 16.7. The van der Waals surface area contributed by atoms with E-state index in [1.54, 1.807) is 36.5 Å². The van der Waals surface area contributed by atoms with Gasteiger partial charge in [0.15, 0.2) is 6.61 Å². The van der Waals surface area contributed by atoms with Gasteiger partial charge in [0.05, 0.1) is 11.3 Å². The van der Waals surface area contributed by atoms with Gasteiger partial charge in [-0.25, -0.2) is 4.98 Å². The monoisotopic (exact) mass is 483 g/mol. The van der Waals surface area contributed by atoms with Crippen molar-refractivity contribution in [2.45, 2.75) is 19.7 Å². The maximum atomic E-state index is 12.8. The number of aryl methyl sites for hydroxylation is 1. The van der Waals surface area contributed by atoms with Crippen LogP contribution in [0.1, 0.15) is 16.8 Å². The van der Waals surface area contributed by atoms with Crippen LogP contribution in [0, 0.1) is 6.92 Å². The van der Waals surface area contributed by atoms with E-state index in [0.29, 0.717) is 22.8 Å². The van der Waals surface area contributed by atoms with E-state index in [9.17, 15) is 22.8 Å². The average Bonchev–Trinajstić information content (AvgIpc) is 2.82. The Labute approximate surface area is 197 Å². The molecule has 0 aliphatic carbocycles. The van der Waals surface area contributed by atoms with Gasteiger partial charge in [-0.05, 0) is 48.9 Å². The molecule has 4 rings (SSSR count). The van der Waals surface area contributed by atoms with Crippen LogP contribution in [0.15, 0.2) is 77.7 Å². The van der Waals surface area contributed by atoms with E-state index in [1.165, 1.54) is 22.6 Å². The summed E-state index contributed by atoms with van der Waals surface area (Å²) in [6, 6.07) is 15.8. The van der Waals surface area contributed by atoms with Crippen molar-refractivity contribution in [3.05, 3.63) is 100 Å². The van der Waals surface area contributed by atoms with Gasteiger partial charge in [-0.15, -0.1) is 0 Å². The number of pyridine rings is 1. The minimum Gasteiger partial charge on any atom is -0.487 e. The number of halogens is 3. The maximum Gasteiger partial charge on any atom is 0.416 e. The van der Waals surface area contributed by atoms with Crippen LogP contribution < -0.4 is 20.3 Å². The standard InChI is InChI=1S/C25H20F3N3O4/c1-16-8-9-22-29-19(12-24(33)31(22)13-16)14-34-21-7-3-5-18(11-21)30-23(32)15-35-20-6-2-4-17(10-20)25(26,27)28/h2-13H,14-15H2,1H3,(H,30,32). The third-order valence-corrected chi connectivity index (χ3v) is 4.90. The molecule has 0 aliphatic rings. The molecule has 0 bridgehead atoms. The molecule has 0 saturated carbocycles. The van der Waals surface area contributed by atoms with Crippen molar-refractivity contribution >= 4 is 17.2 Å². The van der Waals surface area contributed by atoms with Crippen LogP contribution in [0.4, 0.5) is 18.9 Å². The molecule has 2 heterocycles. The Kier molecular flexibility index (Phi) is 6.72. The number of amides is 1. The summed E-state index contributed by atoms with van der Waals surface area (Å²) in [6.07, 6.45) is -2.80. The second-order valence-corrected chi connectivity index (χ2v) is 7.70. The number of nitrogens with one attached hydrogen (secondary N) is 1. The highest BCUT2D eigenvalue weighted by Crippen LogP contribution is 2.31. The summed E-state index contributed by atoms with van der Waals surface area (Å²) >= 11 is 0. The molecule has 0 spiro atoms. The molecule has 0 fully saturated rings. The molecule has 0 saturated heterocycles. The molecule has 1 N–H and O–H groups in total. The Morgan fingerprint density at radius 2 is 1.74 bits per heavy atom.